The molecule has 0 saturated heterocycles. The summed E-state index contributed by atoms with van der Waals surface area (Å²) in [5.74, 6) is 2.69. The van der Waals surface area contributed by atoms with E-state index in [0.29, 0.717) is 44.3 Å². The fourth-order valence-electron chi connectivity index (χ4n) is 3.61. The Morgan fingerprint density at radius 2 is 2.04 bits per heavy atom. The summed E-state index contributed by atoms with van der Waals surface area (Å²) < 4.78 is 1.98. The second kappa shape index (κ2) is 8.24. The highest BCUT2D eigenvalue weighted by Crippen LogP contribution is 2.40. The van der Waals surface area contributed by atoms with E-state index in [9.17, 15) is 9.59 Å². The normalized spacial score (nSPS) is 20.4. The van der Waals surface area contributed by atoms with Gasteiger partial charge in [0, 0.05) is 19.0 Å². The van der Waals surface area contributed by atoms with Crippen molar-refractivity contribution in [1.82, 2.24) is 25.0 Å². The zero-order valence-electron chi connectivity index (χ0n) is 16.2. The summed E-state index contributed by atoms with van der Waals surface area (Å²) >= 11 is 0. The second-order valence-electron chi connectivity index (χ2n) is 8.04. The van der Waals surface area contributed by atoms with Gasteiger partial charge in [0.2, 0.25) is 5.91 Å². The van der Waals surface area contributed by atoms with Gasteiger partial charge in [-0.3, -0.25) is 4.79 Å². The summed E-state index contributed by atoms with van der Waals surface area (Å²) in [5.41, 5.74) is 11.2. The van der Waals surface area contributed by atoms with Gasteiger partial charge in [-0.15, -0.1) is 0 Å². The number of fused-ring (bicyclic) bond motifs is 1. The Balaban J connectivity index is 1.68. The molecular formula is C18H31N7O2. The van der Waals surface area contributed by atoms with Crippen LogP contribution in [-0.2, 0) is 11.3 Å². The van der Waals surface area contributed by atoms with Crippen molar-refractivity contribution in [2.24, 2.45) is 17.4 Å². The number of aromatic nitrogens is 3. The number of hydrogen-bond donors (Lipinski definition) is 3. The summed E-state index contributed by atoms with van der Waals surface area (Å²) in [5, 5.41) is 7.19. The van der Waals surface area contributed by atoms with Crippen molar-refractivity contribution < 1.29 is 9.59 Å². The molecule has 1 aromatic heterocycles. The first-order chi connectivity index (χ1) is 12.9. The average Bonchev–Trinajstić information content (AvgIpc) is 3.36. The topological polar surface area (TPSA) is 132 Å². The van der Waals surface area contributed by atoms with Gasteiger partial charge in [-0.1, -0.05) is 13.8 Å². The molecule has 2 aliphatic rings. The molecule has 2 heterocycles. The van der Waals surface area contributed by atoms with Crippen LogP contribution in [0.25, 0.3) is 0 Å². The zero-order valence-corrected chi connectivity index (χ0v) is 16.2. The Morgan fingerprint density at radius 1 is 1.30 bits per heavy atom. The molecule has 1 fully saturated rings. The highest BCUT2D eigenvalue weighted by molar-refractivity contribution is 5.82. The quantitative estimate of drug-likeness (QED) is 0.578. The summed E-state index contributed by atoms with van der Waals surface area (Å²) in [6.07, 6.45) is 4.27. The number of carbonyl (C=O) groups is 2. The molecule has 1 saturated carbocycles. The predicted molar refractivity (Wildman–Crippen MR) is 101 cm³/mol. The van der Waals surface area contributed by atoms with Crippen molar-refractivity contribution in [2.75, 3.05) is 13.1 Å². The molecule has 0 unspecified atom stereocenters. The molecule has 0 radical (unpaired) electrons. The van der Waals surface area contributed by atoms with Crippen molar-refractivity contribution in [2.45, 2.75) is 70.5 Å². The fourth-order valence-corrected chi connectivity index (χ4v) is 3.61. The van der Waals surface area contributed by atoms with Crippen LogP contribution in [0.15, 0.2) is 0 Å². The van der Waals surface area contributed by atoms with Gasteiger partial charge in [0.1, 0.15) is 5.82 Å². The number of urea groups is 1. The van der Waals surface area contributed by atoms with Gasteiger partial charge in [-0.25, -0.2) is 14.5 Å². The van der Waals surface area contributed by atoms with E-state index in [4.69, 9.17) is 16.5 Å². The van der Waals surface area contributed by atoms with Crippen LogP contribution in [0.1, 0.15) is 69.6 Å². The van der Waals surface area contributed by atoms with Crippen LogP contribution in [0.3, 0.4) is 0 Å². The zero-order chi connectivity index (χ0) is 19.6. The molecule has 27 heavy (non-hydrogen) atoms. The number of rotatable bonds is 8. The average molecular weight is 377 g/mol. The molecule has 0 aromatic carbocycles. The Hall–Kier alpha value is -2.16. The first kappa shape index (κ1) is 19.6. The van der Waals surface area contributed by atoms with Gasteiger partial charge in [0.15, 0.2) is 5.82 Å². The summed E-state index contributed by atoms with van der Waals surface area (Å²) in [6.45, 7) is 5.98. The van der Waals surface area contributed by atoms with Gasteiger partial charge in [-0.05, 0) is 38.0 Å². The Labute approximate surface area is 159 Å². The lowest BCUT2D eigenvalue weighted by molar-refractivity contribution is -0.137. The number of hydrogen-bond acceptors (Lipinski definition) is 5. The molecule has 150 valence electrons. The minimum absolute atomic E-state index is 0.0538. The van der Waals surface area contributed by atoms with Gasteiger partial charge in [0.25, 0.3) is 0 Å². The van der Waals surface area contributed by atoms with Crippen LogP contribution in [0.4, 0.5) is 4.79 Å². The smallest absolute Gasteiger partial charge is 0.312 e. The lowest BCUT2D eigenvalue weighted by Gasteiger charge is -2.37. The second-order valence-corrected chi connectivity index (χ2v) is 8.04. The summed E-state index contributed by atoms with van der Waals surface area (Å²) in [7, 11) is 0. The van der Waals surface area contributed by atoms with Crippen LogP contribution in [-0.4, -0.2) is 50.7 Å². The molecule has 2 atom stereocenters. The largest absolute Gasteiger partial charge is 0.352 e. The maximum absolute atomic E-state index is 13.0. The standard InChI is InChI=1S/C18H31N7O2/c1-11(2)10-14-16-22-15(12-5-6-12)23-25(16)9-8-24(14)17(26)13(19)4-3-7-21-18(20)27/h11-14H,3-10,19H2,1-2H3,(H3,20,21,27)/t13-,14-/m0/s1. The molecule has 1 aromatic rings. The number of nitrogens with two attached hydrogens (primary N) is 2. The van der Waals surface area contributed by atoms with E-state index in [0.717, 1.165) is 30.9 Å². The third kappa shape index (κ3) is 4.77. The minimum atomic E-state index is -0.591. The number of primary amides is 1. The first-order valence-corrected chi connectivity index (χ1v) is 9.90. The maximum Gasteiger partial charge on any atom is 0.312 e. The van der Waals surface area contributed by atoms with Crippen LogP contribution >= 0.6 is 0 Å². The van der Waals surface area contributed by atoms with Crippen molar-refractivity contribution in [3.8, 4) is 0 Å². The van der Waals surface area contributed by atoms with E-state index < -0.39 is 12.1 Å². The SMILES string of the molecule is CC(C)C[C@H]1c2nc(C3CC3)nn2CCN1C(=O)[C@@H](N)CCCNC(N)=O. The minimum Gasteiger partial charge on any atom is -0.352 e. The molecular weight excluding hydrogens is 346 g/mol. The number of carbonyl (C=O) groups excluding carboxylic acids is 2. The van der Waals surface area contributed by atoms with Gasteiger partial charge >= 0.3 is 6.03 Å². The molecule has 5 N–H and O–H groups in total. The molecule has 3 rings (SSSR count). The Kier molecular flexibility index (Phi) is 5.98. The highest BCUT2D eigenvalue weighted by Gasteiger charge is 2.38. The summed E-state index contributed by atoms with van der Waals surface area (Å²) in [6, 6.07) is -1.23. The number of amides is 3. The number of nitrogens with one attached hydrogen (secondary N) is 1. The molecule has 9 heteroatoms. The van der Waals surface area contributed by atoms with E-state index >= 15 is 0 Å². The van der Waals surface area contributed by atoms with E-state index in [1.807, 2.05) is 9.58 Å². The monoisotopic (exact) mass is 377 g/mol. The third-order valence-corrected chi connectivity index (χ3v) is 5.17. The van der Waals surface area contributed by atoms with Crippen molar-refractivity contribution in [3.63, 3.8) is 0 Å². The van der Waals surface area contributed by atoms with E-state index in [1.54, 1.807) is 0 Å². The predicted octanol–water partition coefficient (Wildman–Crippen LogP) is 0.861. The van der Waals surface area contributed by atoms with E-state index in [2.05, 4.69) is 24.3 Å². The fraction of sp³-hybridized carbons (Fsp3) is 0.778. The van der Waals surface area contributed by atoms with E-state index in [1.165, 1.54) is 0 Å². The summed E-state index contributed by atoms with van der Waals surface area (Å²) in [4.78, 5) is 30.4. The van der Waals surface area contributed by atoms with Crippen LogP contribution in [0.5, 0.6) is 0 Å². The highest BCUT2D eigenvalue weighted by atomic mass is 16.2. The van der Waals surface area contributed by atoms with Crippen LogP contribution in [0.2, 0.25) is 0 Å². The lowest BCUT2D eigenvalue weighted by atomic mass is 9.99. The number of nitrogens with zero attached hydrogens (tertiary/aromatic N) is 4. The molecule has 3 amide bonds. The lowest BCUT2D eigenvalue weighted by Crippen LogP contribution is -2.50. The van der Waals surface area contributed by atoms with Crippen molar-refractivity contribution in [3.05, 3.63) is 11.6 Å². The maximum atomic E-state index is 13.0. The van der Waals surface area contributed by atoms with Crippen LogP contribution in [0, 0.1) is 5.92 Å². The Bertz CT molecular complexity index is 683. The van der Waals surface area contributed by atoms with Gasteiger partial charge in [0.05, 0.1) is 18.6 Å². The van der Waals surface area contributed by atoms with Gasteiger partial charge in [-0.2, -0.15) is 5.10 Å². The van der Waals surface area contributed by atoms with Gasteiger partial charge < -0.3 is 21.7 Å². The van der Waals surface area contributed by atoms with Crippen molar-refractivity contribution >= 4 is 11.9 Å². The molecule has 0 bridgehead atoms. The Morgan fingerprint density at radius 3 is 2.67 bits per heavy atom. The van der Waals surface area contributed by atoms with E-state index in [-0.39, 0.29) is 11.9 Å². The molecule has 0 spiro atoms. The van der Waals surface area contributed by atoms with Crippen molar-refractivity contribution in [1.29, 1.82) is 0 Å². The molecule has 9 nitrogen and oxygen atoms in total. The third-order valence-electron chi connectivity index (χ3n) is 5.17. The van der Waals surface area contributed by atoms with Crippen LogP contribution < -0.4 is 16.8 Å². The molecule has 1 aliphatic carbocycles. The molecule has 1 aliphatic heterocycles. The first-order valence-electron chi connectivity index (χ1n) is 9.90.